The maximum atomic E-state index is 13.9. The maximum Gasteiger partial charge on any atom is 0.326 e. The van der Waals surface area contributed by atoms with E-state index >= 15 is 0 Å². The average Bonchev–Trinajstić information content (AvgIpc) is 3.14. The lowest BCUT2D eigenvalue weighted by Gasteiger charge is -2.29. The Morgan fingerprint density at radius 1 is 0.757 bits per heavy atom. The Morgan fingerprint density at radius 2 is 1.32 bits per heavy atom. The summed E-state index contributed by atoms with van der Waals surface area (Å²) in [4.78, 5) is 32.9. The van der Waals surface area contributed by atoms with Crippen LogP contribution in [0.4, 0.5) is 10.5 Å². The first-order chi connectivity index (χ1) is 18.0. The third-order valence-corrected chi connectivity index (χ3v) is 7.44. The van der Waals surface area contributed by atoms with E-state index < -0.39 is 5.54 Å². The highest BCUT2D eigenvalue weighted by Crippen LogP contribution is 2.28. The molecule has 0 radical (unpaired) electrons. The molecule has 0 bridgehead atoms. The van der Waals surface area contributed by atoms with Gasteiger partial charge in [-0.3, -0.25) is 9.69 Å². The number of nitrogens with zero attached hydrogens (tertiary/aromatic N) is 3. The van der Waals surface area contributed by atoms with Crippen molar-refractivity contribution in [2.45, 2.75) is 44.2 Å². The van der Waals surface area contributed by atoms with Crippen LogP contribution in [0.1, 0.15) is 36.0 Å². The van der Waals surface area contributed by atoms with Crippen molar-refractivity contribution in [2.75, 3.05) is 31.7 Å². The molecule has 6 nitrogen and oxygen atoms in total. The number of hydrogen-bond donors (Lipinski definition) is 1. The fraction of sp³-hybridized carbons (Fsp3) is 0.355. The first-order valence-corrected chi connectivity index (χ1v) is 13.3. The highest BCUT2D eigenvalue weighted by molar-refractivity contribution is 6.07. The fourth-order valence-electron chi connectivity index (χ4n) is 5.56. The van der Waals surface area contributed by atoms with Gasteiger partial charge in [-0.15, -0.1) is 0 Å². The van der Waals surface area contributed by atoms with Crippen LogP contribution in [0.5, 0.6) is 0 Å². The molecule has 37 heavy (non-hydrogen) atoms. The van der Waals surface area contributed by atoms with Crippen LogP contribution in [0, 0.1) is 0 Å². The third-order valence-electron chi connectivity index (χ3n) is 7.44. The van der Waals surface area contributed by atoms with E-state index in [4.69, 9.17) is 0 Å². The molecule has 3 aromatic carbocycles. The van der Waals surface area contributed by atoms with E-state index in [0.29, 0.717) is 19.4 Å². The second-order valence-corrected chi connectivity index (χ2v) is 10.4. The summed E-state index contributed by atoms with van der Waals surface area (Å²) >= 11 is 0. The molecular formula is C31H36N4O2. The number of imide groups is 1. The number of urea groups is 1. The summed E-state index contributed by atoms with van der Waals surface area (Å²) in [5, 5.41) is 3.08. The van der Waals surface area contributed by atoms with Crippen molar-refractivity contribution in [3.8, 4) is 0 Å². The third kappa shape index (κ3) is 5.86. The topological polar surface area (TPSA) is 55.9 Å². The minimum atomic E-state index is -1.00. The van der Waals surface area contributed by atoms with Crippen LogP contribution in [-0.2, 0) is 24.2 Å². The van der Waals surface area contributed by atoms with Gasteiger partial charge in [-0.25, -0.2) is 9.69 Å². The minimum Gasteiger partial charge on any atom is -0.372 e. The normalized spacial score (nSPS) is 17.4. The zero-order valence-corrected chi connectivity index (χ0v) is 21.6. The van der Waals surface area contributed by atoms with Gasteiger partial charge in [-0.2, -0.15) is 0 Å². The highest BCUT2D eigenvalue weighted by Gasteiger charge is 2.51. The van der Waals surface area contributed by atoms with Gasteiger partial charge in [0.2, 0.25) is 0 Å². The number of rotatable bonds is 9. The zero-order valence-electron chi connectivity index (χ0n) is 21.6. The number of hydrogen-bond acceptors (Lipinski definition) is 4. The van der Waals surface area contributed by atoms with Crippen LogP contribution in [0.25, 0.3) is 0 Å². The van der Waals surface area contributed by atoms with Gasteiger partial charge < -0.3 is 10.2 Å². The van der Waals surface area contributed by atoms with Crippen molar-refractivity contribution < 1.29 is 9.59 Å². The molecule has 5 rings (SSSR count). The lowest BCUT2D eigenvalue weighted by molar-refractivity contribution is -0.132. The van der Waals surface area contributed by atoms with Crippen LogP contribution in [0.2, 0.25) is 0 Å². The predicted molar refractivity (Wildman–Crippen MR) is 147 cm³/mol. The highest BCUT2D eigenvalue weighted by atomic mass is 16.2. The molecule has 0 atom stereocenters. The second kappa shape index (κ2) is 11.2. The first-order valence-electron chi connectivity index (χ1n) is 13.3. The lowest BCUT2D eigenvalue weighted by atomic mass is 9.84. The monoisotopic (exact) mass is 496 g/mol. The Bertz CT molecular complexity index is 1150. The van der Waals surface area contributed by atoms with Crippen LogP contribution < -0.4 is 10.2 Å². The van der Waals surface area contributed by atoms with Gasteiger partial charge >= 0.3 is 6.03 Å². The van der Waals surface area contributed by atoms with Gasteiger partial charge in [0.15, 0.2) is 0 Å². The van der Waals surface area contributed by atoms with Crippen LogP contribution >= 0.6 is 0 Å². The summed E-state index contributed by atoms with van der Waals surface area (Å²) < 4.78 is 0. The predicted octanol–water partition coefficient (Wildman–Crippen LogP) is 4.84. The Balaban J connectivity index is 1.28. The van der Waals surface area contributed by atoms with Crippen molar-refractivity contribution in [2.24, 2.45) is 0 Å². The summed E-state index contributed by atoms with van der Waals surface area (Å²) in [6.07, 6.45) is 4.73. The Morgan fingerprint density at radius 3 is 1.89 bits per heavy atom. The molecule has 0 unspecified atom stereocenters. The van der Waals surface area contributed by atoms with Gasteiger partial charge in [0.05, 0.1) is 6.67 Å². The summed E-state index contributed by atoms with van der Waals surface area (Å²) in [6, 6.07) is 28.2. The summed E-state index contributed by atoms with van der Waals surface area (Å²) in [6.45, 7) is 3.14. The molecule has 0 saturated carbocycles. The van der Waals surface area contributed by atoms with Crippen LogP contribution in [0.3, 0.4) is 0 Å². The Kier molecular flexibility index (Phi) is 7.56. The van der Waals surface area contributed by atoms with Gasteiger partial charge in [0.25, 0.3) is 5.91 Å². The van der Waals surface area contributed by atoms with Crippen molar-refractivity contribution in [3.05, 3.63) is 102 Å². The summed E-state index contributed by atoms with van der Waals surface area (Å²) in [7, 11) is 1.95. The second-order valence-electron chi connectivity index (χ2n) is 10.4. The number of piperidine rings is 1. The molecule has 2 aliphatic rings. The number of carbonyl (C=O) groups excluding carboxylic acids is 2. The first kappa shape index (κ1) is 25.0. The maximum absolute atomic E-state index is 13.9. The standard InChI is InChI=1S/C31H36N4O2/c1-33(23-27-15-17-28(18-16-27)34-19-9-4-10-20-34)24-35-29(36)31(32-30(35)37,21-25-11-5-2-6-12-25)22-26-13-7-3-8-14-26/h2-3,5-8,11-18H,4,9-10,19-24H2,1H3,(H,32,37). The van der Waals surface area contributed by atoms with Gasteiger partial charge in [0.1, 0.15) is 5.54 Å². The van der Waals surface area contributed by atoms with Crippen molar-refractivity contribution in [3.63, 3.8) is 0 Å². The van der Waals surface area contributed by atoms with Crippen molar-refractivity contribution in [1.29, 1.82) is 0 Å². The number of amides is 3. The SMILES string of the molecule is CN(Cc1ccc(N2CCCCC2)cc1)CN1C(=O)NC(Cc2ccccc2)(Cc2ccccc2)C1=O. The molecular weight excluding hydrogens is 460 g/mol. The minimum absolute atomic E-state index is 0.169. The van der Waals surface area contributed by atoms with E-state index in [0.717, 1.165) is 29.8 Å². The van der Waals surface area contributed by atoms with E-state index in [2.05, 4.69) is 34.5 Å². The number of benzene rings is 3. The summed E-state index contributed by atoms with van der Waals surface area (Å²) in [5.74, 6) is -0.169. The number of anilines is 1. The van der Waals surface area contributed by atoms with Gasteiger partial charge in [-0.05, 0) is 55.1 Å². The number of carbonyl (C=O) groups is 2. The molecule has 0 spiro atoms. The van der Waals surface area contributed by atoms with Crippen molar-refractivity contribution >= 4 is 17.6 Å². The Hall–Kier alpha value is -3.64. The molecule has 2 heterocycles. The molecule has 2 aliphatic heterocycles. The quantitative estimate of drug-likeness (QED) is 0.431. The van der Waals surface area contributed by atoms with Gasteiger partial charge in [0, 0.05) is 38.2 Å². The van der Waals surface area contributed by atoms with E-state index in [9.17, 15) is 9.59 Å². The van der Waals surface area contributed by atoms with E-state index in [1.54, 1.807) is 0 Å². The van der Waals surface area contributed by atoms with E-state index in [1.165, 1.54) is 29.8 Å². The Labute approximate surface area is 219 Å². The fourth-order valence-corrected chi connectivity index (χ4v) is 5.56. The lowest BCUT2D eigenvalue weighted by Crippen LogP contribution is -2.51. The van der Waals surface area contributed by atoms with Crippen LogP contribution in [0.15, 0.2) is 84.9 Å². The van der Waals surface area contributed by atoms with Gasteiger partial charge in [-0.1, -0.05) is 72.8 Å². The van der Waals surface area contributed by atoms with Crippen molar-refractivity contribution in [1.82, 2.24) is 15.1 Å². The molecule has 6 heteroatoms. The number of nitrogens with one attached hydrogen (secondary N) is 1. The molecule has 3 aromatic rings. The molecule has 2 saturated heterocycles. The smallest absolute Gasteiger partial charge is 0.326 e. The average molecular weight is 497 g/mol. The molecule has 192 valence electrons. The van der Waals surface area contributed by atoms with Crippen LogP contribution in [-0.4, -0.2) is 54.1 Å². The molecule has 0 aromatic heterocycles. The largest absolute Gasteiger partial charge is 0.372 e. The molecule has 1 N–H and O–H groups in total. The molecule has 3 amide bonds. The summed E-state index contributed by atoms with van der Waals surface area (Å²) in [5.41, 5.74) is 3.48. The van der Waals surface area contributed by atoms with E-state index in [-0.39, 0.29) is 18.6 Å². The molecule has 0 aliphatic carbocycles. The van der Waals surface area contributed by atoms with E-state index in [1.807, 2.05) is 72.6 Å². The molecule has 2 fully saturated rings. The zero-order chi connectivity index (χ0) is 25.7.